The second-order valence-corrected chi connectivity index (χ2v) is 6.48. The monoisotopic (exact) mass is 345 g/mol. The molecule has 4 nitrogen and oxygen atoms in total. The first kappa shape index (κ1) is 17.7. The number of likely N-dealkylation sites (N-methyl/N-ethyl adjacent to an activating group) is 1. The molecule has 2 aromatic rings. The highest BCUT2D eigenvalue weighted by atomic mass is 19.1. The maximum atomic E-state index is 14.1. The lowest BCUT2D eigenvalue weighted by atomic mass is 9.84. The predicted octanol–water partition coefficient (Wildman–Crippen LogP) is 3.52. The molecular weight excluding hydrogens is 321 g/mol. The lowest BCUT2D eigenvalue weighted by Crippen LogP contribution is -2.31. The molecule has 2 unspecified atom stereocenters. The first-order valence-corrected chi connectivity index (χ1v) is 8.51. The summed E-state index contributed by atoms with van der Waals surface area (Å²) in [5.41, 5.74) is 3.23. The van der Waals surface area contributed by atoms with Gasteiger partial charge >= 0.3 is 0 Å². The molecular formula is C20H24FNO3. The van der Waals surface area contributed by atoms with Crippen LogP contribution in [0.2, 0.25) is 0 Å². The smallest absolute Gasteiger partial charge is 0.197 e. The fraction of sp³-hybridized carbons (Fsp3) is 0.400. The third-order valence-corrected chi connectivity index (χ3v) is 4.62. The molecule has 134 valence electrons. The zero-order valence-electron chi connectivity index (χ0n) is 14.8. The van der Waals surface area contributed by atoms with E-state index in [0.29, 0.717) is 12.2 Å². The largest absolute Gasteiger partial charge is 0.494 e. The Hall–Kier alpha value is -2.11. The lowest BCUT2D eigenvalue weighted by molar-refractivity contribution is -0.0192. The van der Waals surface area contributed by atoms with Crippen molar-refractivity contribution < 1.29 is 19.0 Å². The molecule has 0 saturated heterocycles. The third-order valence-electron chi connectivity index (χ3n) is 4.62. The van der Waals surface area contributed by atoms with E-state index in [1.54, 1.807) is 12.1 Å². The minimum atomic E-state index is -0.800. The molecule has 1 heterocycles. The second kappa shape index (κ2) is 7.42. The summed E-state index contributed by atoms with van der Waals surface area (Å²) < 4.78 is 24.7. The van der Waals surface area contributed by atoms with E-state index in [1.807, 2.05) is 38.2 Å². The number of benzene rings is 2. The van der Waals surface area contributed by atoms with Gasteiger partial charge in [-0.1, -0.05) is 19.1 Å². The third kappa shape index (κ3) is 3.78. The van der Waals surface area contributed by atoms with Gasteiger partial charge in [0.25, 0.3) is 0 Å². The van der Waals surface area contributed by atoms with Crippen LogP contribution in [0.25, 0.3) is 0 Å². The number of halogens is 1. The molecule has 2 atom stereocenters. The topological polar surface area (TPSA) is 41.9 Å². The molecule has 0 radical (unpaired) electrons. The van der Waals surface area contributed by atoms with Gasteiger partial charge in [-0.2, -0.15) is 0 Å². The van der Waals surface area contributed by atoms with Crippen molar-refractivity contribution in [3.63, 3.8) is 0 Å². The molecule has 1 aliphatic rings. The normalized spacial score (nSPS) is 18.5. The van der Waals surface area contributed by atoms with Crippen molar-refractivity contribution >= 4 is 0 Å². The maximum Gasteiger partial charge on any atom is 0.197 e. The minimum absolute atomic E-state index is 0.0827. The summed E-state index contributed by atoms with van der Waals surface area (Å²) in [6.07, 6.45) is -0.268. The van der Waals surface area contributed by atoms with Crippen molar-refractivity contribution in [2.24, 2.45) is 0 Å². The molecule has 0 aliphatic carbocycles. The van der Waals surface area contributed by atoms with E-state index in [0.717, 1.165) is 24.2 Å². The van der Waals surface area contributed by atoms with Crippen molar-refractivity contribution in [2.75, 3.05) is 20.7 Å². The van der Waals surface area contributed by atoms with Gasteiger partial charge in [-0.25, -0.2) is 4.39 Å². The van der Waals surface area contributed by atoms with E-state index in [2.05, 4.69) is 4.90 Å². The van der Waals surface area contributed by atoms with Crippen LogP contribution in [0, 0.1) is 5.82 Å². The van der Waals surface area contributed by atoms with E-state index in [1.165, 1.54) is 12.7 Å². The molecule has 0 amide bonds. The maximum absolute atomic E-state index is 14.1. The van der Waals surface area contributed by atoms with E-state index >= 15 is 0 Å². The average molecular weight is 345 g/mol. The van der Waals surface area contributed by atoms with Crippen LogP contribution >= 0.6 is 0 Å². The van der Waals surface area contributed by atoms with Crippen molar-refractivity contribution in [1.82, 2.24) is 4.90 Å². The molecule has 2 aromatic carbocycles. The Kier molecular flexibility index (Phi) is 5.25. The Morgan fingerprint density at radius 1 is 1.28 bits per heavy atom. The summed E-state index contributed by atoms with van der Waals surface area (Å²) in [5.74, 6) is 0.647. The van der Waals surface area contributed by atoms with Gasteiger partial charge in [0.15, 0.2) is 17.9 Å². The summed E-state index contributed by atoms with van der Waals surface area (Å²) in [5, 5.41) is 9.69. The van der Waals surface area contributed by atoms with E-state index in [-0.39, 0.29) is 17.5 Å². The Balaban J connectivity index is 1.94. The first-order chi connectivity index (χ1) is 12.0. The molecule has 0 spiro atoms. The van der Waals surface area contributed by atoms with Crippen LogP contribution in [0.3, 0.4) is 0 Å². The van der Waals surface area contributed by atoms with Crippen LogP contribution in [0.1, 0.15) is 36.0 Å². The fourth-order valence-electron chi connectivity index (χ4n) is 3.32. The molecule has 25 heavy (non-hydrogen) atoms. The van der Waals surface area contributed by atoms with Gasteiger partial charge in [-0.15, -0.1) is 0 Å². The van der Waals surface area contributed by atoms with Crippen LogP contribution in [-0.2, 0) is 6.54 Å². The Morgan fingerprint density at radius 2 is 2.08 bits per heavy atom. The van der Waals surface area contributed by atoms with Gasteiger partial charge in [0.1, 0.15) is 5.75 Å². The molecule has 1 N–H and O–H groups in total. The summed E-state index contributed by atoms with van der Waals surface area (Å²) in [6.45, 7) is 3.48. The van der Waals surface area contributed by atoms with Crippen molar-refractivity contribution in [2.45, 2.75) is 32.1 Å². The van der Waals surface area contributed by atoms with Crippen LogP contribution in [-0.4, -0.2) is 37.0 Å². The van der Waals surface area contributed by atoms with Crippen molar-refractivity contribution in [1.29, 1.82) is 0 Å². The second-order valence-electron chi connectivity index (χ2n) is 6.48. The highest BCUT2D eigenvalue weighted by Gasteiger charge is 2.26. The number of aliphatic hydroxyl groups is 1. The number of hydrogen-bond acceptors (Lipinski definition) is 4. The highest BCUT2D eigenvalue weighted by molar-refractivity contribution is 5.45. The molecule has 1 aliphatic heterocycles. The van der Waals surface area contributed by atoms with Gasteiger partial charge in [-0.3, -0.25) is 0 Å². The van der Waals surface area contributed by atoms with E-state index in [9.17, 15) is 9.50 Å². The van der Waals surface area contributed by atoms with Gasteiger partial charge < -0.3 is 19.5 Å². The zero-order chi connectivity index (χ0) is 18.0. The molecule has 5 heteroatoms. The van der Waals surface area contributed by atoms with Crippen molar-refractivity contribution in [3.05, 3.63) is 58.9 Å². The quantitative estimate of drug-likeness (QED) is 0.842. The molecule has 0 bridgehead atoms. The lowest BCUT2D eigenvalue weighted by Gasteiger charge is -2.33. The number of nitrogens with zero attached hydrogens (tertiary/aromatic N) is 1. The predicted molar refractivity (Wildman–Crippen MR) is 94.5 cm³/mol. The number of rotatable bonds is 5. The zero-order valence-corrected chi connectivity index (χ0v) is 14.8. The van der Waals surface area contributed by atoms with Gasteiger partial charge in [0.2, 0.25) is 0 Å². The summed E-state index contributed by atoms with van der Waals surface area (Å²) in [7, 11) is 3.51. The summed E-state index contributed by atoms with van der Waals surface area (Å²) in [4.78, 5) is 2.20. The van der Waals surface area contributed by atoms with Crippen LogP contribution in [0.4, 0.5) is 4.39 Å². The number of fused-ring (bicyclic) bond motifs is 1. The Morgan fingerprint density at radius 3 is 2.76 bits per heavy atom. The van der Waals surface area contributed by atoms with Gasteiger partial charge in [0.05, 0.1) is 7.11 Å². The molecule has 3 rings (SSSR count). The van der Waals surface area contributed by atoms with Gasteiger partial charge in [-0.05, 0) is 48.0 Å². The van der Waals surface area contributed by atoms with Crippen LogP contribution in [0.5, 0.6) is 11.5 Å². The fourth-order valence-corrected chi connectivity index (χ4v) is 3.32. The van der Waals surface area contributed by atoms with E-state index < -0.39 is 6.29 Å². The number of methoxy groups -OCH3 is 1. The Bertz CT molecular complexity index is 750. The highest BCUT2D eigenvalue weighted by Crippen LogP contribution is 2.36. The van der Waals surface area contributed by atoms with E-state index in [4.69, 9.17) is 9.47 Å². The summed E-state index contributed by atoms with van der Waals surface area (Å²) >= 11 is 0. The number of hydrogen-bond donors (Lipinski definition) is 1. The Labute approximate surface area is 147 Å². The van der Waals surface area contributed by atoms with Crippen LogP contribution < -0.4 is 9.47 Å². The van der Waals surface area contributed by atoms with Crippen LogP contribution in [0.15, 0.2) is 36.4 Å². The first-order valence-electron chi connectivity index (χ1n) is 8.51. The SMILES string of the molecule is CCC(O)Oc1ccc2c(c1)CN(C)CC2c1ccc(OC)c(F)c1. The number of aliphatic hydroxyl groups excluding tert-OH is 1. The standard InChI is InChI=1S/C20H24FNO3/c1-4-20(23)25-15-6-7-16-14(9-15)11-22(2)12-17(16)13-5-8-19(24-3)18(21)10-13/h5-10,17,20,23H,4,11-12H2,1-3H3. The van der Waals surface area contributed by atoms with Crippen molar-refractivity contribution in [3.8, 4) is 11.5 Å². The minimum Gasteiger partial charge on any atom is -0.494 e. The molecule has 0 saturated carbocycles. The molecule has 0 aromatic heterocycles. The molecule has 0 fully saturated rings. The number of ether oxygens (including phenoxy) is 2. The average Bonchev–Trinajstić information content (AvgIpc) is 2.60. The van der Waals surface area contributed by atoms with Gasteiger partial charge in [0, 0.05) is 25.4 Å². The summed E-state index contributed by atoms with van der Waals surface area (Å²) in [6, 6.07) is 11.0.